The quantitative estimate of drug-likeness (QED) is 0.245. The molecular formula is C35H37N5O4. The highest BCUT2D eigenvalue weighted by molar-refractivity contribution is 5.96. The third-order valence-corrected chi connectivity index (χ3v) is 7.90. The highest BCUT2D eigenvalue weighted by atomic mass is 16.5. The Bertz CT molecular complexity index is 1510. The van der Waals surface area contributed by atoms with Crippen LogP contribution in [0, 0.1) is 0 Å². The van der Waals surface area contributed by atoms with E-state index in [0.717, 1.165) is 22.3 Å². The lowest BCUT2D eigenvalue weighted by Crippen LogP contribution is -2.42. The fraction of sp³-hybridized carbons (Fsp3) is 0.286. The third kappa shape index (κ3) is 8.06. The summed E-state index contributed by atoms with van der Waals surface area (Å²) in [5.74, 6) is -0.751. The maximum absolute atomic E-state index is 14.0. The Morgan fingerprint density at radius 1 is 0.864 bits per heavy atom. The van der Waals surface area contributed by atoms with Crippen molar-refractivity contribution in [3.8, 4) is 0 Å². The van der Waals surface area contributed by atoms with E-state index in [9.17, 15) is 14.4 Å². The summed E-state index contributed by atoms with van der Waals surface area (Å²) in [6.07, 6.45) is 8.99. The lowest BCUT2D eigenvalue weighted by Gasteiger charge is -2.24. The molecule has 2 amide bonds. The minimum atomic E-state index is -0.806. The molecule has 2 aromatic heterocycles. The van der Waals surface area contributed by atoms with E-state index in [1.54, 1.807) is 29.7 Å². The van der Waals surface area contributed by atoms with Gasteiger partial charge in [0, 0.05) is 62.2 Å². The largest absolute Gasteiger partial charge is 0.469 e. The van der Waals surface area contributed by atoms with Gasteiger partial charge in [-0.1, -0.05) is 36.4 Å². The van der Waals surface area contributed by atoms with Crippen LogP contribution < -0.4 is 5.32 Å². The zero-order chi connectivity index (χ0) is 30.7. The molecule has 1 aliphatic rings. The van der Waals surface area contributed by atoms with E-state index in [-0.39, 0.29) is 18.2 Å². The number of anilines is 1. The van der Waals surface area contributed by atoms with Crippen LogP contribution in [0.1, 0.15) is 39.0 Å². The Kier molecular flexibility index (Phi) is 10.3. The predicted molar refractivity (Wildman–Crippen MR) is 168 cm³/mol. The van der Waals surface area contributed by atoms with Gasteiger partial charge in [0.1, 0.15) is 6.04 Å². The molecule has 9 heteroatoms. The van der Waals surface area contributed by atoms with Crippen LogP contribution in [-0.4, -0.2) is 70.3 Å². The second-order valence-corrected chi connectivity index (χ2v) is 10.8. The number of esters is 1. The Hall–Kier alpha value is -5.05. The molecule has 4 aromatic rings. The molecule has 0 spiro atoms. The molecule has 1 aliphatic heterocycles. The highest BCUT2D eigenvalue weighted by Gasteiger charge is 2.31. The van der Waals surface area contributed by atoms with Crippen LogP contribution in [0.4, 0.5) is 5.69 Å². The van der Waals surface area contributed by atoms with Gasteiger partial charge in [0.25, 0.3) is 5.91 Å². The molecule has 0 saturated heterocycles. The molecule has 1 N–H and O–H groups in total. The molecule has 0 radical (unpaired) electrons. The molecule has 0 bridgehead atoms. The second-order valence-electron chi connectivity index (χ2n) is 10.8. The second kappa shape index (κ2) is 14.9. The van der Waals surface area contributed by atoms with E-state index in [1.807, 2.05) is 77.7 Å². The van der Waals surface area contributed by atoms with E-state index < -0.39 is 12.0 Å². The van der Waals surface area contributed by atoms with Gasteiger partial charge in [0.2, 0.25) is 5.91 Å². The number of methoxy groups -OCH3 is 1. The van der Waals surface area contributed by atoms with Crippen molar-refractivity contribution >= 4 is 23.5 Å². The van der Waals surface area contributed by atoms with Crippen molar-refractivity contribution in [3.05, 3.63) is 125 Å². The van der Waals surface area contributed by atoms with Gasteiger partial charge in [0.05, 0.1) is 13.5 Å². The maximum atomic E-state index is 14.0. The van der Waals surface area contributed by atoms with Crippen LogP contribution in [0.15, 0.2) is 97.6 Å². The first-order valence-electron chi connectivity index (χ1n) is 14.9. The average Bonchev–Trinajstić information content (AvgIpc) is 3.20. The number of benzene rings is 2. The Morgan fingerprint density at radius 2 is 1.48 bits per heavy atom. The number of hydrogen-bond donors (Lipinski definition) is 1. The summed E-state index contributed by atoms with van der Waals surface area (Å²) in [6, 6.07) is 22.6. The number of amides is 2. The average molecular weight is 592 g/mol. The normalized spacial score (nSPS) is 14.2. The highest BCUT2D eigenvalue weighted by Crippen LogP contribution is 2.27. The number of hydrogen-bond acceptors (Lipinski definition) is 7. The minimum Gasteiger partial charge on any atom is -0.469 e. The van der Waals surface area contributed by atoms with Gasteiger partial charge in [-0.15, -0.1) is 0 Å². The number of pyridine rings is 2. The minimum absolute atomic E-state index is 0.0984. The fourth-order valence-electron chi connectivity index (χ4n) is 5.35. The number of nitrogens with one attached hydrogen (secondary N) is 1. The lowest BCUT2D eigenvalue weighted by atomic mass is 10.1. The molecular weight excluding hydrogens is 554 g/mol. The zero-order valence-corrected chi connectivity index (χ0v) is 24.9. The molecule has 1 unspecified atom stereocenters. The van der Waals surface area contributed by atoms with Gasteiger partial charge in [-0.2, -0.15) is 0 Å². The maximum Gasteiger partial charge on any atom is 0.308 e. The van der Waals surface area contributed by atoms with Crippen molar-refractivity contribution in [2.45, 2.75) is 38.3 Å². The SMILES string of the molecule is COC(=O)CC1Nc2cc(C(=O)N(CCc3ccncc3)CCc3ccncc3)ccc2CN(CCc2ccccc2)C1=O. The standard InChI is InChI=1S/C35H37N5O4/c1-44-33(41)24-32-35(43)40(22-15-26-5-3-2-4-6-26)25-30-8-7-29(23-31(30)38-32)34(42)39(20-13-27-9-16-36-17-10-27)21-14-28-11-18-37-19-12-28/h2-12,16-19,23,32,38H,13-15,20-22,24-25H2,1H3. The Morgan fingerprint density at radius 3 is 2.09 bits per heavy atom. The number of ether oxygens (including phenoxy) is 1. The molecule has 226 valence electrons. The number of nitrogens with zero attached hydrogens (tertiary/aromatic N) is 4. The Labute approximate surface area is 257 Å². The van der Waals surface area contributed by atoms with Crippen LogP contribution in [-0.2, 0) is 40.1 Å². The van der Waals surface area contributed by atoms with Gasteiger partial charge in [0.15, 0.2) is 0 Å². The van der Waals surface area contributed by atoms with E-state index in [2.05, 4.69) is 15.3 Å². The number of carbonyl (C=O) groups excluding carboxylic acids is 3. The predicted octanol–water partition coefficient (Wildman–Crippen LogP) is 4.33. The Balaban J connectivity index is 1.38. The summed E-state index contributed by atoms with van der Waals surface area (Å²) in [5, 5.41) is 3.28. The summed E-state index contributed by atoms with van der Waals surface area (Å²) < 4.78 is 4.90. The first kappa shape index (κ1) is 30.4. The fourth-order valence-corrected chi connectivity index (χ4v) is 5.35. The van der Waals surface area contributed by atoms with E-state index in [4.69, 9.17) is 4.74 Å². The number of carbonyl (C=O) groups is 3. The van der Waals surface area contributed by atoms with Gasteiger partial charge in [-0.05, 0) is 77.9 Å². The summed E-state index contributed by atoms with van der Waals surface area (Å²) in [5.41, 5.74) is 5.40. The van der Waals surface area contributed by atoms with Crippen molar-refractivity contribution in [1.29, 1.82) is 0 Å². The van der Waals surface area contributed by atoms with Crippen LogP contribution >= 0.6 is 0 Å². The van der Waals surface area contributed by atoms with Crippen molar-refractivity contribution < 1.29 is 19.1 Å². The smallest absolute Gasteiger partial charge is 0.308 e. The molecule has 9 nitrogen and oxygen atoms in total. The summed E-state index contributed by atoms with van der Waals surface area (Å²) in [4.78, 5) is 51.7. The van der Waals surface area contributed by atoms with Gasteiger partial charge < -0.3 is 19.9 Å². The van der Waals surface area contributed by atoms with Gasteiger partial charge in [-0.25, -0.2) is 0 Å². The van der Waals surface area contributed by atoms with Crippen LogP contribution in [0.5, 0.6) is 0 Å². The zero-order valence-electron chi connectivity index (χ0n) is 24.9. The van der Waals surface area contributed by atoms with Crippen molar-refractivity contribution in [3.63, 3.8) is 0 Å². The van der Waals surface area contributed by atoms with Crippen molar-refractivity contribution in [2.24, 2.45) is 0 Å². The topological polar surface area (TPSA) is 105 Å². The van der Waals surface area contributed by atoms with Crippen molar-refractivity contribution in [2.75, 3.05) is 32.1 Å². The monoisotopic (exact) mass is 591 g/mol. The van der Waals surface area contributed by atoms with Gasteiger partial charge in [-0.3, -0.25) is 24.4 Å². The molecule has 44 heavy (non-hydrogen) atoms. The molecule has 3 heterocycles. The molecule has 5 rings (SSSR count). The first-order valence-corrected chi connectivity index (χ1v) is 14.9. The number of aromatic nitrogens is 2. The van der Waals surface area contributed by atoms with E-state index in [0.29, 0.717) is 56.7 Å². The molecule has 0 aliphatic carbocycles. The van der Waals surface area contributed by atoms with Crippen LogP contribution in [0.2, 0.25) is 0 Å². The summed E-state index contributed by atoms with van der Waals surface area (Å²) in [6.45, 7) is 1.94. The molecule has 0 saturated carbocycles. The lowest BCUT2D eigenvalue weighted by molar-refractivity contribution is -0.144. The summed E-state index contributed by atoms with van der Waals surface area (Å²) >= 11 is 0. The summed E-state index contributed by atoms with van der Waals surface area (Å²) in [7, 11) is 1.31. The first-order chi connectivity index (χ1) is 21.5. The number of rotatable bonds is 12. The van der Waals surface area contributed by atoms with Crippen molar-refractivity contribution in [1.82, 2.24) is 19.8 Å². The van der Waals surface area contributed by atoms with Crippen LogP contribution in [0.3, 0.4) is 0 Å². The van der Waals surface area contributed by atoms with Gasteiger partial charge >= 0.3 is 5.97 Å². The third-order valence-electron chi connectivity index (χ3n) is 7.90. The molecule has 0 fully saturated rings. The van der Waals surface area contributed by atoms with E-state index >= 15 is 0 Å². The molecule has 1 atom stereocenters. The molecule has 2 aromatic carbocycles. The van der Waals surface area contributed by atoms with E-state index in [1.165, 1.54) is 7.11 Å². The number of fused-ring (bicyclic) bond motifs is 1. The van der Waals surface area contributed by atoms with Crippen LogP contribution in [0.25, 0.3) is 0 Å².